The van der Waals surface area contributed by atoms with Gasteiger partial charge in [0, 0.05) is 32.7 Å². The van der Waals surface area contributed by atoms with Crippen LogP contribution in [0, 0.1) is 6.92 Å². The largest absolute Gasteiger partial charge is 0.346 e. The van der Waals surface area contributed by atoms with Gasteiger partial charge in [0.2, 0.25) is 0 Å². The van der Waals surface area contributed by atoms with Crippen LogP contribution in [0.2, 0.25) is 0 Å². The van der Waals surface area contributed by atoms with Crippen LogP contribution in [0.25, 0.3) is 0 Å². The fourth-order valence-electron chi connectivity index (χ4n) is 0. The van der Waals surface area contributed by atoms with Crippen LogP contribution in [0.4, 0.5) is 0 Å². The Kier molecular flexibility index (Phi) is 95.7. The van der Waals surface area contributed by atoms with Crippen LogP contribution in [-0.2, 0) is 32.7 Å². The maximum atomic E-state index is 4.85. The summed E-state index contributed by atoms with van der Waals surface area (Å²) in [6.07, 6.45) is 0. The minimum absolute atomic E-state index is 0. The van der Waals surface area contributed by atoms with E-state index in [2.05, 4.69) is 6.92 Å². The molecule has 0 spiro atoms. The van der Waals surface area contributed by atoms with E-state index in [4.69, 9.17) is 5.73 Å². The summed E-state index contributed by atoms with van der Waals surface area (Å²) in [5.74, 6) is 0. The van der Waals surface area contributed by atoms with Gasteiger partial charge in [-0.3, -0.25) is 0 Å². The van der Waals surface area contributed by atoms with Crippen LogP contribution >= 0.6 is 0 Å². The van der Waals surface area contributed by atoms with Crippen molar-refractivity contribution in [1.29, 1.82) is 0 Å². The van der Waals surface area contributed by atoms with Crippen LogP contribution < -0.4 is 5.73 Å². The van der Waals surface area contributed by atoms with E-state index < -0.39 is 0 Å². The molecule has 0 heterocycles. The Morgan fingerprint density at radius 1 is 1.50 bits per heavy atom. The van der Waals surface area contributed by atoms with Crippen molar-refractivity contribution < 1.29 is 32.7 Å². The Labute approximate surface area is 65.6 Å². The van der Waals surface area contributed by atoms with Gasteiger partial charge in [0.15, 0.2) is 0 Å². The third kappa shape index (κ3) is 73.9. The van der Waals surface area contributed by atoms with Crippen LogP contribution in [-0.4, -0.2) is 6.54 Å². The first kappa shape index (κ1) is 15.7. The maximum Gasteiger partial charge on any atom is 0 e. The summed E-state index contributed by atoms with van der Waals surface area (Å²) in [6, 6.07) is 0. The standard InChI is InChI=1S/C2H7N.C2H5.Y/c1-2-3;1-2;/h2-3H2,1H3;1H2,2H3;/q;-1;. The SMILES string of the molecule is CCN.[CH2-]C.[Y]. The quantitative estimate of drug-likeness (QED) is 0.525. The van der Waals surface area contributed by atoms with E-state index in [0.29, 0.717) is 0 Å². The molecule has 0 aliphatic heterocycles. The van der Waals surface area contributed by atoms with Crippen molar-refractivity contribution in [2.75, 3.05) is 6.54 Å². The first-order valence-electron chi connectivity index (χ1n) is 1.82. The summed E-state index contributed by atoms with van der Waals surface area (Å²) in [6.45, 7) is 7.65. The minimum Gasteiger partial charge on any atom is -0.346 e. The molecule has 0 rings (SSSR count). The Morgan fingerprint density at radius 2 is 1.50 bits per heavy atom. The summed E-state index contributed by atoms with van der Waals surface area (Å²) in [5, 5.41) is 0. The predicted octanol–water partition coefficient (Wildman–Crippen LogP) is 0.803. The summed E-state index contributed by atoms with van der Waals surface area (Å²) in [4.78, 5) is 0. The topological polar surface area (TPSA) is 26.0 Å². The second-order valence-electron chi connectivity index (χ2n) is 0.408. The third-order valence-corrected chi connectivity index (χ3v) is 0. The second kappa shape index (κ2) is 36.5. The van der Waals surface area contributed by atoms with Gasteiger partial charge >= 0.3 is 0 Å². The molecular formula is C4H12NY-. The van der Waals surface area contributed by atoms with Gasteiger partial charge in [-0.2, -0.15) is 6.92 Å². The van der Waals surface area contributed by atoms with Crippen LogP contribution in [0.15, 0.2) is 0 Å². The molecule has 0 aromatic carbocycles. The van der Waals surface area contributed by atoms with Gasteiger partial charge in [-0.15, -0.1) is 0 Å². The van der Waals surface area contributed by atoms with E-state index in [0.717, 1.165) is 6.54 Å². The molecule has 0 saturated heterocycles. The van der Waals surface area contributed by atoms with Crippen molar-refractivity contribution >= 4 is 0 Å². The summed E-state index contributed by atoms with van der Waals surface area (Å²) in [7, 11) is 0. The molecule has 1 radical (unpaired) electrons. The van der Waals surface area contributed by atoms with Gasteiger partial charge in [-0.25, -0.2) is 0 Å². The molecular weight excluding hydrogens is 151 g/mol. The normalized spacial score (nSPS) is 4.00. The van der Waals surface area contributed by atoms with Gasteiger partial charge in [-0.1, -0.05) is 6.92 Å². The minimum atomic E-state index is 0. The molecule has 37 valence electrons. The Morgan fingerprint density at radius 3 is 1.50 bits per heavy atom. The number of nitrogens with two attached hydrogens (primary N) is 1. The van der Waals surface area contributed by atoms with Gasteiger partial charge in [0.1, 0.15) is 0 Å². The Hall–Kier alpha value is 1.06. The number of rotatable bonds is 0. The van der Waals surface area contributed by atoms with Gasteiger partial charge in [-0.05, 0) is 6.54 Å². The second-order valence-corrected chi connectivity index (χ2v) is 0.408. The van der Waals surface area contributed by atoms with E-state index in [1.165, 1.54) is 0 Å². The molecule has 2 N–H and O–H groups in total. The predicted molar refractivity (Wildman–Crippen MR) is 25.8 cm³/mol. The van der Waals surface area contributed by atoms with Gasteiger partial charge < -0.3 is 12.7 Å². The van der Waals surface area contributed by atoms with Crippen molar-refractivity contribution in [2.24, 2.45) is 5.73 Å². The van der Waals surface area contributed by atoms with Crippen LogP contribution in [0.1, 0.15) is 13.8 Å². The maximum absolute atomic E-state index is 4.85. The monoisotopic (exact) mass is 163 g/mol. The van der Waals surface area contributed by atoms with Gasteiger partial charge in [0.05, 0.1) is 0 Å². The first-order chi connectivity index (χ1) is 2.41. The molecule has 0 atom stereocenters. The van der Waals surface area contributed by atoms with Crippen molar-refractivity contribution in [3.8, 4) is 0 Å². The first-order valence-corrected chi connectivity index (χ1v) is 1.82. The molecule has 2 heteroatoms. The molecule has 0 aliphatic rings. The summed E-state index contributed by atoms with van der Waals surface area (Å²) >= 11 is 0. The van der Waals surface area contributed by atoms with Crippen molar-refractivity contribution in [2.45, 2.75) is 13.8 Å². The molecule has 0 bridgehead atoms. The molecule has 0 aromatic rings. The third-order valence-electron chi connectivity index (χ3n) is 0. The average molecular weight is 163 g/mol. The molecule has 1 nitrogen and oxygen atoms in total. The van der Waals surface area contributed by atoms with Crippen molar-refractivity contribution in [1.82, 2.24) is 0 Å². The van der Waals surface area contributed by atoms with E-state index in [1.54, 1.807) is 6.92 Å². The zero-order chi connectivity index (χ0) is 4.71. The van der Waals surface area contributed by atoms with Crippen LogP contribution in [0.3, 0.4) is 0 Å². The summed E-state index contributed by atoms with van der Waals surface area (Å²) < 4.78 is 0. The zero-order valence-corrected chi connectivity index (χ0v) is 7.41. The Bertz CT molecular complexity index is 7.51. The molecule has 0 unspecified atom stereocenters. The zero-order valence-electron chi connectivity index (χ0n) is 4.57. The fourth-order valence-corrected chi connectivity index (χ4v) is 0. The molecule has 6 heavy (non-hydrogen) atoms. The smallest absolute Gasteiger partial charge is 0 e. The molecule has 0 aliphatic carbocycles. The van der Waals surface area contributed by atoms with E-state index in [-0.39, 0.29) is 32.7 Å². The van der Waals surface area contributed by atoms with Crippen molar-refractivity contribution in [3.05, 3.63) is 6.92 Å². The molecule has 0 aromatic heterocycles. The van der Waals surface area contributed by atoms with E-state index in [9.17, 15) is 0 Å². The molecule has 0 amide bonds. The molecule has 0 fully saturated rings. The molecule has 0 saturated carbocycles. The number of hydrogen-bond acceptors (Lipinski definition) is 1. The fraction of sp³-hybridized carbons (Fsp3) is 0.750. The Balaban J connectivity index is -0.0000000275. The average Bonchev–Trinajstić information content (AvgIpc) is 1.46. The van der Waals surface area contributed by atoms with Crippen molar-refractivity contribution in [3.63, 3.8) is 0 Å². The summed E-state index contributed by atoms with van der Waals surface area (Å²) in [5.41, 5.74) is 4.85. The van der Waals surface area contributed by atoms with Crippen LogP contribution in [0.5, 0.6) is 0 Å². The number of hydrogen-bond donors (Lipinski definition) is 1. The van der Waals surface area contributed by atoms with E-state index in [1.807, 2.05) is 6.92 Å². The van der Waals surface area contributed by atoms with E-state index >= 15 is 0 Å². The van der Waals surface area contributed by atoms with Gasteiger partial charge in [0.25, 0.3) is 0 Å².